The lowest BCUT2D eigenvalue weighted by Gasteiger charge is -2.08. The van der Waals surface area contributed by atoms with Crippen LogP contribution in [-0.2, 0) is 9.59 Å². The van der Waals surface area contributed by atoms with E-state index in [0.717, 1.165) is 31.5 Å². The largest absolute Gasteiger partial charge is 0.326 e. The van der Waals surface area contributed by atoms with E-state index in [1.165, 1.54) is 35.6 Å². The van der Waals surface area contributed by atoms with E-state index >= 15 is 0 Å². The molecule has 7 heteroatoms. The molecule has 0 aliphatic rings. The van der Waals surface area contributed by atoms with Crippen LogP contribution < -0.4 is 10.6 Å². The lowest BCUT2D eigenvalue weighted by Crippen LogP contribution is -2.14. The second kappa shape index (κ2) is 7.88. The Bertz CT molecular complexity index is 982. The molecule has 3 rings (SSSR count). The normalized spacial score (nSPS) is 10.7. The van der Waals surface area contributed by atoms with Crippen LogP contribution in [-0.4, -0.2) is 22.6 Å². The molecule has 1 aromatic heterocycles. The van der Waals surface area contributed by atoms with Crippen LogP contribution >= 0.6 is 23.1 Å². The topological polar surface area (TPSA) is 71.1 Å². The summed E-state index contributed by atoms with van der Waals surface area (Å²) in [7, 11) is 0. The number of aromatic nitrogens is 1. The molecule has 5 nitrogen and oxygen atoms in total. The van der Waals surface area contributed by atoms with Gasteiger partial charge in [0.2, 0.25) is 11.8 Å². The van der Waals surface area contributed by atoms with Gasteiger partial charge in [-0.1, -0.05) is 29.5 Å². The molecule has 0 aliphatic heterocycles. The molecule has 1 heterocycles. The molecule has 134 valence electrons. The molecule has 0 saturated heterocycles. The Morgan fingerprint density at radius 3 is 2.65 bits per heavy atom. The van der Waals surface area contributed by atoms with E-state index in [1.54, 1.807) is 0 Å². The predicted octanol–water partition coefficient (Wildman–Crippen LogP) is 4.60. The van der Waals surface area contributed by atoms with Gasteiger partial charge in [0, 0.05) is 18.3 Å². The molecule has 0 saturated carbocycles. The van der Waals surface area contributed by atoms with Gasteiger partial charge in [0.1, 0.15) is 0 Å². The van der Waals surface area contributed by atoms with Crippen molar-refractivity contribution in [3.63, 3.8) is 0 Å². The monoisotopic (exact) mass is 385 g/mol. The maximum atomic E-state index is 12.2. The highest BCUT2D eigenvalue weighted by Gasteiger charge is 2.10. The third-order valence-electron chi connectivity index (χ3n) is 3.67. The van der Waals surface area contributed by atoms with Crippen LogP contribution in [0, 0.1) is 13.8 Å². The Morgan fingerprint density at radius 1 is 1.12 bits per heavy atom. The van der Waals surface area contributed by atoms with E-state index in [0.29, 0.717) is 5.75 Å². The molecule has 0 atom stereocenters. The van der Waals surface area contributed by atoms with Crippen LogP contribution in [0.25, 0.3) is 10.2 Å². The van der Waals surface area contributed by atoms with Crippen LogP contribution in [0.15, 0.2) is 40.7 Å². The quantitative estimate of drug-likeness (QED) is 0.630. The van der Waals surface area contributed by atoms with E-state index < -0.39 is 0 Å². The highest BCUT2D eigenvalue weighted by Crippen LogP contribution is 2.31. The summed E-state index contributed by atoms with van der Waals surface area (Å²) in [6.07, 6.45) is 0. The third kappa shape index (κ3) is 4.62. The van der Waals surface area contributed by atoms with Crippen molar-refractivity contribution < 1.29 is 9.59 Å². The van der Waals surface area contributed by atoms with Gasteiger partial charge in [-0.15, -0.1) is 11.3 Å². The number of thioether (sulfide) groups is 1. The molecular formula is C19H19N3O2S2. The summed E-state index contributed by atoms with van der Waals surface area (Å²) in [4.78, 5) is 27.9. The molecular weight excluding hydrogens is 366 g/mol. The standard InChI is InChI=1S/C19H19N3O2S2/c1-11-4-6-15(12(2)8-11)21-18(24)10-25-19-22-16-7-5-14(20-13(3)23)9-17(16)26-19/h4-9H,10H2,1-3H3,(H,20,23)(H,21,24). The van der Waals surface area contributed by atoms with Gasteiger partial charge in [0.15, 0.2) is 4.34 Å². The van der Waals surface area contributed by atoms with E-state index in [4.69, 9.17) is 0 Å². The smallest absolute Gasteiger partial charge is 0.234 e. The van der Waals surface area contributed by atoms with E-state index in [9.17, 15) is 9.59 Å². The van der Waals surface area contributed by atoms with Crippen molar-refractivity contribution in [2.45, 2.75) is 25.1 Å². The highest BCUT2D eigenvalue weighted by atomic mass is 32.2. The van der Waals surface area contributed by atoms with E-state index in [1.807, 2.05) is 50.2 Å². The number of fused-ring (bicyclic) bond motifs is 1. The molecule has 0 bridgehead atoms. The van der Waals surface area contributed by atoms with Crippen molar-refractivity contribution >= 4 is 56.5 Å². The van der Waals surface area contributed by atoms with Gasteiger partial charge in [-0.05, 0) is 43.7 Å². The van der Waals surface area contributed by atoms with Crippen molar-refractivity contribution in [1.29, 1.82) is 0 Å². The number of aryl methyl sites for hydroxylation is 2. The zero-order valence-electron chi connectivity index (χ0n) is 14.8. The summed E-state index contributed by atoms with van der Waals surface area (Å²) in [5.74, 6) is 0.137. The zero-order valence-corrected chi connectivity index (χ0v) is 16.4. The maximum Gasteiger partial charge on any atom is 0.234 e. The first-order valence-electron chi connectivity index (χ1n) is 8.09. The maximum absolute atomic E-state index is 12.2. The Kier molecular flexibility index (Phi) is 5.58. The van der Waals surface area contributed by atoms with Crippen LogP contribution in [0.2, 0.25) is 0 Å². The van der Waals surface area contributed by atoms with Gasteiger partial charge >= 0.3 is 0 Å². The number of hydrogen-bond acceptors (Lipinski definition) is 5. The van der Waals surface area contributed by atoms with Gasteiger partial charge in [0.25, 0.3) is 0 Å². The first kappa shape index (κ1) is 18.4. The minimum absolute atomic E-state index is 0.0554. The minimum Gasteiger partial charge on any atom is -0.326 e. The van der Waals surface area contributed by atoms with Gasteiger partial charge in [-0.2, -0.15) is 0 Å². The number of anilines is 2. The number of carbonyl (C=O) groups excluding carboxylic acids is 2. The summed E-state index contributed by atoms with van der Waals surface area (Å²) in [5.41, 5.74) is 4.67. The predicted molar refractivity (Wildman–Crippen MR) is 109 cm³/mol. The summed E-state index contributed by atoms with van der Waals surface area (Å²) in [6.45, 7) is 5.49. The number of amides is 2. The van der Waals surface area contributed by atoms with Crippen LogP contribution in [0.1, 0.15) is 18.1 Å². The fourth-order valence-electron chi connectivity index (χ4n) is 2.51. The number of nitrogens with one attached hydrogen (secondary N) is 2. The molecule has 0 unspecified atom stereocenters. The van der Waals surface area contributed by atoms with Gasteiger partial charge in [-0.25, -0.2) is 4.98 Å². The average Bonchev–Trinajstić information content (AvgIpc) is 2.97. The van der Waals surface area contributed by atoms with Crippen molar-refractivity contribution in [2.75, 3.05) is 16.4 Å². The number of rotatable bonds is 5. The minimum atomic E-state index is -0.105. The van der Waals surface area contributed by atoms with Crippen LogP contribution in [0.3, 0.4) is 0 Å². The molecule has 3 aromatic rings. The summed E-state index contributed by atoms with van der Waals surface area (Å²) in [5, 5.41) is 5.70. The van der Waals surface area contributed by atoms with E-state index in [-0.39, 0.29) is 11.8 Å². The number of benzene rings is 2. The van der Waals surface area contributed by atoms with Crippen molar-refractivity contribution in [1.82, 2.24) is 4.98 Å². The molecule has 2 N–H and O–H groups in total. The number of carbonyl (C=O) groups is 2. The molecule has 0 radical (unpaired) electrons. The Hall–Kier alpha value is -2.38. The number of nitrogens with zero attached hydrogens (tertiary/aromatic N) is 1. The molecule has 2 aromatic carbocycles. The molecule has 0 fully saturated rings. The lowest BCUT2D eigenvalue weighted by molar-refractivity contribution is -0.114. The van der Waals surface area contributed by atoms with Crippen LogP contribution in [0.5, 0.6) is 0 Å². The molecule has 0 aliphatic carbocycles. The highest BCUT2D eigenvalue weighted by molar-refractivity contribution is 8.01. The van der Waals surface area contributed by atoms with E-state index in [2.05, 4.69) is 15.6 Å². The first-order chi connectivity index (χ1) is 12.4. The van der Waals surface area contributed by atoms with Crippen molar-refractivity contribution in [2.24, 2.45) is 0 Å². The Morgan fingerprint density at radius 2 is 1.92 bits per heavy atom. The Balaban J connectivity index is 1.63. The number of thiazole rings is 1. The van der Waals surface area contributed by atoms with Crippen molar-refractivity contribution in [3.05, 3.63) is 47.5 Å². The fourth-order valence-corrected chi connectivity index (χ4v) is 4.42. The Labute approximate surface area is 160 Å². The molecule has 26 heavy (non-hydrogen) atoms. The summed E-state index contributed by atoms with van der Waals surface area (Å²) in [6, 6.07) is 11.5. The van der Waals surface area contributed by atoms with Gasteiger partial charge in [-0.3, -0.25) is 9.59 Å². The second-order valence-corrected chi connectivity index (χ2v) is 8.25. The first-order valence-corrected chi connectivity index (χ1v) is 9.89. The molecule has 0 spiro atoms. The third-order valence-corrected chi connectivity index (χ3v) is 5.83. The number of hydrogen-bond donors (Lipinski definition) is 2. The zero-order chi connectivity index (χ0) is 18.7. The average molecular weight is 386 g/mol. The molecule has 2 amide bonds. The van der Waals surface area contributed by atoms with Crippen molar-refractivity contribution in [3.8, 4) is 0 Å². The second-order valence-electron chi connectivity index (χ2n) is 6.00. The fraction of sp³-hybridized carbons (Fsp3) is 0.211. The summed E-state index contributed by atoms with van der Waals surface area (Å²) < 4.78 is 1.81. The summed E-state index contributed by atoms with van der Waals surface area (Å²) >= 11 is 2.92. The lowest BCUT2D eigenvalue weighted by atomic mass is 10.1. The van der Waals surface area contributed by atoms with Crippen LogP contribution in [0.4, 0.5) is 11.4 Å². The van der Waals surface area contributed by atoms with Gasteiger partial charge in [0.05, 0.1) is 16.0 Å². The SMILES string of the molecule is CC(=O)Nc1ccc2nc(SCC(=O)Nc3ccc(C)cc3C)sc2c1. The van der Waals surface area contributed by atoms with Gasteiger partial charge < -0.3 is 10.6 Å².